The molecule has 1 aliphatic rings. The Morgan fingerprint density at radius 1 is 1.40 bits per heavy atom. The number of nitrogens with two attached hydrogens (primary N) is 1. The van der Waals surface area contributed by atoms with Gasteiger partial charge in [0.05, 0.1) is 12.0 Å². The molecular weight excluding hydrogens is 207 g/mol. The minimum Gasteiger partial charge on any atom is -0.315 e. The lowest BCUT2D eigenvalue weighted by Gasteiger charge is -2.33. The van der Waals surface area contributed by atoms with E-state index >= 15 is 0 Å². The van der Waals surface area contributed by atoms with Crippen LogP contribution in [0.5, 0.6) is 0 Å². The number of nitrogens with zero attached hydrogens (tertiary/aromatic N) is 2. The van der Waals surface area contributed by atoms with Crippen LogP contribution in [0.25, 0.3) is 0 Å². The number of hydrogen-bond donors (Lipinski definition) is 1. The highest BCUT2D eigenvalue weighted by Crippen LogP contribution is 2.33. The summed E-state index contributed by atoms with van der Waals surface area (Å²) in [5.74, 6) is -1.19. The number of hydrogen-bond acceptors (Lipinski definition) is 3. The number of halogens is 3. The summed E-state index contributed by atoms with van der Waals surface area (Å²) in [6.07, 6.45) is -3.85. The zero-order chi connectivity index (χ0) is 11.5. The summed E-state index contributed by atoms with van der Waals surface area (Å²) in [7, 11) is 0. The van der Waals surface area contributed by atoms with Gasteiger partial charge in [0.15, 0.2) is 0 Å². The Hall–Kier alpha value is -0.800. The van der Waals surface area contributed by atoms with Crippen molar-refractivity contribution in [1.82, 2.24) is 4.90 Å². The minimum atomic E-state index is -4.08. The van der Waals surface area contributed by atoms with Crippen LogP contribution < -0.4 is 5.73 Å². The zero-order valence-electron chi connectivity index (χ0n) is 8.30. The lowest BCUT2D eigenvalue weighted by atomic mass is 9.96. The first-order valence-electron chi connectivity index (χ1n) is 4.87. The number of likely N-dealkylation sites (tertiary alicyclic amines) is 1. The van der Waals surface area contributed by atoms with Crippen LogP contribution >= 0.6 is 0 Å². The molecule has 1 heterocycles. The number of piperidine rings is 1. The third kappa shape index (κ3) is 3.68. The molecule has 0 radical (unpaired) electrons. The molecular formula is C9H14F3N3. The quantitative estimate of drug-likeness (QED) is 0.760. The second kappa shape index (κ2) is 4.81. The van der Waals surface area contributed by atoms with Gasteiger partial charge in [0.25, 0.3) is 0 Å². The maximum atomic E-state index is 12.3. The van der Waals surface area contributed by atoms with E-state index in [-0.39, 0.29) is 12.8 Å². The molecule has 1 atom stereocenters. The standard InChI is InChI=1S/C9H14F3N3/c10-9(11,12)7-1-3-15(4-2-7)6-8(14)5-13/h7-8H,1-4,6,14H2. The number of rotatable bonds is 2. The van der Waals surface area contributed by atoms with Crippen LogP contribution in [0.3, 0.4) is 0 Å². The molecule has 0 saturated carbocycles. The van der Waals surface area contributed by atoms with E-state index in [0.717, 1.165) is 0 Å². The largest absolute Gasteiger partial charge is 0.391 e. The van der Waals surface area contributed by atoms with E-state index in [4.69, 9.17) is 11.0 Å². The normalized spacial score (nSPS) is 22.3. The van der Waals surface area contributed by atoms with Gasteiger partial charge in [0.2, 0.25) is 0 Å². The van der Waals surface area contributed by atoms with Crippen molar-refractivity contribution < 1.29 is 13.2 Å². The van der Waals surface area contributed by atoms with Crippen molar-refractivity contribution >= 4 is 0 Å². The molecule has 0 amide bonds. The number of nitriles is 1. The summed E-state index contributed by atoms with van der Waals surface area (Å²) in [5.41, 5.74) is 5.40. The first-order valence-corrected chi connectivity index (χ1v) is 4.87. The van der Waals surface area contributed by atoms with Crippen LogP contribution in [0.2, 0.25) is 0 Å². The third-order valence-electron chi connectivity index (χ3n) is 2.67. The molecule has 6 heteroatoms. The van der Waals surface area contributed by atoms with Gasteiger partial charge in [-0.25, -0.2) is 0 Å². The molecule has 2 N–H and O–H groups in total. The smallest absolute Gasteiger partial charge is 0.315 e. The van der Waals surface area contributed by atoms with E-state index in [1.807, 2.05) is 11.0 Å². The van der Waals surface area contributed by atoms with Gasteiger partial charge in [-0.15, -0.1) is 0 Å². The van der Waals surface area contributed by atoms with Crippen LogP contribution in [-0.2, 0) is 0 Å². The molecule has 86 valence electrons. The summed E-state index contributed by atoms with van der Waals surface area (Å²) >= 11 is 0. The van der Waals surface area contributed by atoms with Gasteiger partial charge in [-0.1, -0.05) is 0 Å². The second-order valence-corrected chi connectivity index (χ2v) is 3.85. The lowest BCUT2D eigenvalue weighted by Crippen LogP contribution is -2.43. The van der Waals surface area contributed by atoms with Crippen molar-refractivity contribution in [2.45, 2.75) is 25.1 Å². The second-order valence-electron chi connectivity index (χ2n) is 3.85. The molecule has 15 heavy (non-hydrogen) atoms. The topological polar surface area (TPSA) is 53.1 Å². The summed E-state index contributed by atoms with van der Waals surface area (Å²) in [6.45, 7) is 1.11. The van der Waals surface area contributed by atoms with Crippen molar-refractivity contribution in [3.05, 3.63) is 0 Å². The molecule has 0 aliphatic carbocycles. The highest BCUT2D eigenvalue weighted by molar-refractivity contribution is 4.90. The summed E-state index contributed by atoms with van der Waals surface area (Å²) in [4.78, 5) is 1.82. The molecule has 0 aromatic rings. The molecule has 0 spiro atoms. The molecule has 0 bridgehead atoms. The highest BCUT2D eigenvalue weighted by atomic mass is 19.4. The SMILES string of the molecule is N#CC(N)CN1CCC(C(F)(F)F)CC1. The Bertz CT molecular complexity index is 238. The molecule has 1 unspecified atom stereocenters. The van der Waals surface area contributed by atoms with Crippen molar-refractivity contribution in [2.75, 3.05) is 19.6 Å². The van der Waals surface area contributed by atoms with Crippen molar-refractivity contribution in [1.29, 1.82) is 5.26 Å². The molecule has 1 fully saturated rings. The van der Waals surface area contributed by atoms with Gasteiger partial charge >= 0.3 is 6.18 Å². The minimum absolute atomic E-state index is 0.113. The van der Waals surface area contributed by atoms with Crippen LogP contribution in [-0.4, -0.2) is 36.8 Å². The fourth-order valence-corrected chi connectivity index (χ4v) is 1.76. The Kier molecular flexibility index (Phi) is 3.94. The summed E-state index contributed by atoms with van der Waals surface area (Å²) in [5, 5.41) is 8.47. The summed E-state index contributed by atoms with van der Waals surface area (Å²) < 4.78 is 36.9. The van der Waals surface area contributed by atoms with E-state index in [0.29, 0.717) is 19.6 Å². The highest BCUT2D eigenvalue weighted by Gasteiger charge is 2.41. The Morgan fingerprint density at radius 3 is 2.33 bits per heavy atom. The van der Waals surface area contributed by atoms with E-state index < -0.39 is 18.1 Å². The Balaban J connectivity index is 2.34. The fourth-order valence-electron chi connectivity index (χ4n) is 1.76. The Labute approximate surface area is 86.6 Å². The maximum Gasteiger partial charge on any atom is 0.391 e. The van der Waals surface area contributed by atoms with Crippen molar-refractivity contribution in [2.24, 2.45) is 11.7 Å². The van der Waals surface area contributed by atoms with Gasteiger partial charge in [0, 0.05) is 6.54 Å². The van der Waals surface area contributed by atoms with Gasteiger partial charge < -0.3 is 10.6 Å². The van der Waals surface area contributed by atoms with E-state index in [9.17, 15) is 13.2 Å². The fraction of sp³-hybridized carbons (Fsp3) is 0.889. The monoisotopic (exact) mass is 221 g/mol. The first kappa shape index (κ1) is 12.3. The van der Waals surface area contributed by atoms with Crippen molar-refractivity contribution in [3.63, 3.8) is 0 Å². The molecule has 1 saturated heterocycles. The molecule has 0 aromatic carbocycles. The van der Waals surface area contributed by atoms with Gasteiger partial charge in [0.1, 0.15) is 6.04 Å². The van der Waals surface area contributed by atoms with Crippen LogP contribution in [0.4, 0.5) is 13.2 Å². The predicted molar refractivity (Wildman–Crippen MR) is 48.8 cm³/mol. The van der Waals surface area contributed by atoms with Crippen LogP contribution in [0.15, 0.2) is 0 Å². The molecule has 1 aliphatic heterocycles. The first-order chi connectivity index (χ1) is 6.93. The van der Waals surface area contributed by atoms with E-state index in [1.165, 1.54) is 0 Å². The molecule has 1 rings (SSSR count). The van der Waals surface area contributed by atoms with Gasteiger partial charge in [-0.05, 0) is 25.9 Å². The van der Waals surface area contributed by atoms with E-state index in [2.05, 4.69) is 0 Å². The Morgan fingerprint density at radius 2 is 1.93 bits per heavy atom. The van der Waals surface area contributed by atoms with E-state index in [1.54, 1.807) is 0 Å². The molecule has 0 aromatic heterocycles. The maximum absolute atomic E-state index is 12.3. The lowest BCUT2D eigenvalue weighted by molar-refractivity contribution is -0.185. The average Bonchev–Trinajstić information content (AvgIpc) is 2.17. The predicted octanol–water partition coefficient (Wildman–Crippen LogP) is 1.11. The van der Waals surface area contributed by atoms with Crippen LogP contribution in [0, 0.1) is 17.2 Å². The third-order valence-corrected chi connectivity index (χ3v) is 2.67. The van der Waals surface area contributed by atoms with Crippen LogP contribution in [0.1, 0.15) is 12.8 Å². The average molecular weight is 221 g/mol. The summed E-state index contributed by atoms with van der Waals surface area (Å²) in [6, 6.07) is 1.26. The van der Waals surface area contributed by atoms with Gasteiger partial charge in [-0.2, -0.15) is 18.4 Å². The zero-order valence-corrected chi connectivity index (χ0v) is 8.30. The molecule has 3 nitrogen and oxygen atoms in total. The van der Waals surface area contributed by atoms with Crippen molar-refractivity contribution in [3.8, 4) is 6.07 Å². The number of alkyl halides is 3. The van der Waals surface area contributed by atoms with Gasteiger partial charge in [-0.3, -0.25) is 0 Å².